The molecule has 34 heavy (non-hydrogen) atoms. The highest BCUT2D eigenvalue weighted by Crippen LogP contribution is 2.47. The van der Waals surface area contributed by atoms with Crippen LogP contribution >= 0.6 is 0 Å². The van der Waals surface area contributed by atoms with Gasteiger partial charge in [0.15, 0.2) is 0 Å². The summed E-state index contributed by atoms with van der Waals surface area (Å²) in [5, 5.41) is 4.60. The van der Waals surface area contributed by atoms with Crippen molar-refractivity contribution in [3.8, 4) is 17.1 Å². The van der Waals surface area contributed by atoms with E-state index in [1.807, 2.05) is 31.2 Å². The lowest BCUT2D eigenvalue weighted by atomic mass is 10.0. The molecule has 1 aliphatic carbocycles. The van der Waals surface area contributed by atoms with Gasteiger partial charge < -0.3 is 4.74 Å². The molecule has 1 saturated carbocycles. The molecule has 1 aliphatic rings. The number of alkyl halides is 3. The molecule has 1 aromatic heterocycles. The van der Waals surface area contributed by atoms with E-state index in [1.54, 1.807) is 17.7 Å². The summed E-state index contributed by atoms with van der Waals surface area (Å²) in [7, 11) is -3.34. The van der Waals surface area contributed by atoms with Gasteiger partial charge in [-0.2, -0.15) is 18.3 Å². The highest BCUT2D eigenvalue weighted by atomic mass is 32.2. The first-order valence-electron chi connectivity index (χ1n) is 11.0. The summed E-state index contributed by atoms with van der Waals surface area (Å²) in [6.45, 7) is 4.17. The number of benzene rings is 2. The molecule has 4 rings (SSSR count). The summed E-state index contributed by atoms with van der Waals surface area (Å²) >= 11 is 0. The second kappa shape index (κ2) is 9.07. The maximum atomic E-state index is 12.8. The van der Waals surface area contributed by atoms with Gasteiger partial charge in [0, 0.05) is 18.2 Å². The van der Waals surface area contributed by atoms with Gasteiger partial charge in [-0.1, -0.05) is 30.3 Å². The van der Waals surface area contributed by atoms with Crippen LogP contribution in [-0.2, 0) is 34.9 Å². The fourth-order valence-electron chi connectivity index (χ4n) is 3.75. The number of hydrogen-bond acceptors (Lipinski definition) is 4. The minimum atomic E-state index is -4.38. The van der Waals surface area contributed by atoms with Crippen molar-refractivity contribution >= 4 is 10.0 Å². The zero-order valence-corrected chi connectivity index (χ0v) is 19.7. The topological polar surface area (TPSA) is 73.2 Å². The first kappa shape index (κ1) is 24.3. The fourth-order valence-corrected chi connectivity index (χ4v) is 4.81. The van der Waals surface area contributed by atoms with Crippen molar-refractivity contribution in [3.05, 3.63) is 71.3 Å². The maximum Gasteiger partial charge on any atom is 0.416 e. The zero-order valence-electron chi connectivity index (χ0n) is 18.9. The van der Waals surface area contributed by atoms with Crippen LogP contribution in [0.4, 0.5) is 13.2 Å². The first-order valence-corrected chi connectivity index (χ1v) is 12.7. The van der Waals surface area contributed by atoms with E-state index in [0.29, 0.717) is 23.7 Å². The third kappa shape index (κ3) is 5.28. The van der Waals surface area contributed by atoms with Crippen molar-refractivity contribution in [2.24, 2.45) is 0 Å². The minimum Gasteiger partial charge on any atom is -0.473 e. The van der Waals surface area contributed by atoms with Gasteiger partial charge in [0.25, 0.3) is 0 Å². The van der Waals surface area contributed by atoms with E-state index in [0.717, 1.165) is 36.1 Å². The normalized spacial score (nSPS) is 15.3. The SMILES string of the molecule is CCn1nc(-c2cccc(C3(NS(=O)(=O)CC)CC3)c2)cc1OCc1ccc(C(F)(F)F)cc1. The third-order valence-electron chi connectivity index (χ3n) is 5.90. The largest absolute Gasteiger partial charge is 0.473 e. The van der Waals surface area contributed by atoms with Crippen LogP contribution in [0.15, 0.2) is 54.6 Å². The molecule has 1 fully saturated rings. The van der Waals surface area contributed by atoms with Gasteiger partial charge in [-0.05, 0) is 56.0 Å². The molecule has 182 valence electrons. The van der Waals surface area contributed by atoms with Crippen molar-refractivity contribution < 1.29 is 26.3 Å². The van der Waals surface area contributed by atoms with Crippen LogP contribution in [0.25, 0.3) is 11.3 Å². The number of rotatable bonds is 9. The Kier molecular flexibility index (Phi) is 6.48. The lowest BCUT2D eigenvalue weighted by Crippen LogP contribution is -2.35. The standard InChI is InChI=1S/C24H26F3N3O3S/c1-3-30-22(33-16-17-8-10-19(11-9-17)24(25,26)27)15-21(28-30)18-6-5-7-20(14-18)23(12-13-23)29-34(31,32)4-2/h5-11,14-15,29H,3-4,12-13,16H2,1-2H3. The molecule has 0 bridgehead atoms. The Morgan fingerprint density at radius 2 is 1.79 bits per heavy atom. The summed E-state index contributed by atoms with van der Waals surface area (Å²) in [6, 6.07) is 14.3. The Balaban J connectivity index is 1.52. The molecule has 3 aromatic rings. The van der Waals surface area contributed by atoms with Crippen LogP contribution in [-0.4, -0.2) is 24.0 Å². The number of aromatic nitrogens is 2. The quantitative estimate of drug-likeness (QED) is 0.450. The van der Waals surface area contributed by atoms with Crippen LogP contribution in [0.5, 0.6) is 5.88 Å². The Morgan fingerprint density at radius 1 is 1.09 bits per heavy atom. The van der Waals surface area contributed by atoms with Crippen LogP contribution in [0.2, 0.25) is 0 Å². The number of aryl methyl sites for hydroxylation is 1. The molecule has 2 aromatic carbocycles. The number of hydrogen-bond donors (Lipinski definition) is 1. The van der Waals surface area contributed by atoms with Crippen molar-refractivity contribution in [2.75, 3.05) is 5.75 Å². The second-order valence-corrected chi connectivity index (χ2v) is 10.3. The molecule has 0 spiro atoms. The molecule has 1 N–H and O–H groups in total. The summed E-state index contributed by atoms with van der Waals surface area (Å²) in [6.07, 6.45) is -2.90. The Hall–Kier alpha value is -2.85. The number of halogens is 3. The number of sulfonamides is 1. The number of nitrogens with one attached hydrogen (secondary N) is 1. The minimum absolute atomic E-state index is 0.0228. The lowest BCUT2D eigenvalue weighted by molar-refractivity contribution is -0.137. The highest BCUT2D eigenvalue weighted by molar-refractivity contribution is 7.89. The van der Waals surface area contributed by atoms with Gasteiger partial charge in [0.05, 0.1) is 22.5 Å². The molecule has 0 radical (unpaired) electrons. The lowest BCUT2D eigenvalue weighted by Gasteiger charge is -2.18. The molecule has 0 atom stereocenters. The molecule has 0 aliphatic heterocycles. The first-order chi connectivity index (χ1) is 16.0. The Morgan fingerprint density at radius 3 is 2.38 bits per heavy atom. The molecular formula is C24H26F3N3O3S. The van der Waals surface area contributed by atoms with Crippen molar-refractivity contribution in [1.29, 1.82) is 0 Å². The van der Waals surface area contributed by atoms with Crippen molar-refractivity contribution in [3.63, 3.8) is 0 Å². The second-order valence-electron chi connectivity index (χ2n) is 8.34. The van der Waals surface area contributed by atoms with E-state index in [2.05, 4.69) is 9.82 Å². The Bertz CT molecular complexity index is 1260. The van der Waals surface area contributed by atoms with E-state index < -0.39 is 27.3 Å². The van der Waals surface area contributed by atoms with Gasteiger partial charge in [0.2, 0.25) is 15.9 Å². The zero-order chi connectivity index (χ0) is 24.6. The summed E-state index contributed by atoms with van der Waals surface area (Å²) in [5.74, 6) is 0.519. The van der Waals surface area contributed by atoms with Crippen molar-refractivity contribution in [2.45, 2.75) is 51.6 Å². The molecule has 10 heteroatoms. The molecule has 0 saturated heterocycles. The Labute approximate surface area is 196 Å². The van der Waals surface area contributed by atoms with Gasteiger partial charge in [-0.3, -0.25) is 0 Å². The summed E-state index contributed by atoms with van der Waals surface area (Å²) in [4.78, 5) is 0. The van der Waals surface area contributed by atoms with Gasteiger partial charge >= 0.3 is 6.18 Å². The number of ether oxygens (including phenoxy) is 1. The average Bonchev–Trinajstić information content (AvgIpc) is 3.46. The van der Waals surface area contributed by atoms with Gasteiger partial charge in [-0.15, -0.1) is 0 Å². The van der Waals surface area contributed by atoms with E-state index in [9.17, 15) is 21.6 Å². The summed E-state index contributed by atoms with van der Waals surface area (Å²) in [5.41, 5.74) is 1.72. The fraction of sp³-hybridized carbons (Fsp3) is 0.375. The summed E-state index contributed by atoms with van der Waals surface area (Å²) < 4.78 is 72.9. The predicted octanol–water partition coefficient (Wildman–Crippen LogP) is 5.10. The van der Waals surface area contributed by atoms with E-state index in [-0.39, 0.29) is 12.4 Å². The van der Waals surface area contributed by atoms with E-state index in [1.165, 1.54) is 12.1 Å². The van der Waals surface area contributed by atoms with Crippen molar-refractivity contribution in [1.82, 2.24) is 14.5 Å². The van der Waals surface area contributed by atoms with E-state index >= 15 is 0 Å². The van der Waals surface area contributed by atoms with Crippen LogP contribution in [0.1, 0.15) is 43.4 Å². The molecule has 6 nitrogen and oxygen atoms in total. The number of nitrogens with zero attached hydrogens (tertiary/aromatic N) is 2. The van der Waals surface area contributed by atoms with Gasteiger partial charge in [-0.25, -0.2) is 17.8 Å². The van der Waals surface area contributed by atoms with Crippen LogP contribution < -0.4 is 9.46 Å². The van der Waals surface area contributed by atoms with Crippen LogP contribution in [0.3, 0.4) is 0 Å². The van der Waals surface area contributed by atoms with E-state index in [4.69, 9.17) is 4.74 Å². The molecule has 0 amide bonds. The monoisotopic (exact) mass is 493 g/mol. The molecule has 1 heterocycles. The smallest absolute Gasteiger partial charge is 0.416 e. The van der Waals surface area contributed by atoms with Gasteiger partial charge in [0.1, 0.15) is 6.61 Å². The third-order valence-corrected chi connectivity index (χ3v) is 7.36. The molecule has 0 unspecified atom stereocenters. The predicted molar refractivity (Wildman–Crippen MR) is 123 cm³/mol. The maximum absolute atomic E-state index is 12.8. The van der Waals surface area contributed by atoms with Crippen LogP contribution in [0, 0.1) is 0 Å². The highest BCUT2D eigenvalue weighted by Gasteiger charge is 2.47. The average molecular weight is 494 g/mol. The molecular weight excluding hydrogens is 467 g/mol.